The van der Waals surface area contributed by atoms with Gasteiger partial charge in [-0.3, -0.25) is 0 Å². The zero-order valence-corrected chi connectivity index (χ0v) is 11.6. The third-order valence-electron chi connectivity index (χ3n) is 3.03. The highest BCUT2D eigenvalue weighted by Gasteiger charge is 2.27. The number of hydrogen-bond acceptors (Lipinski definition) is 4. The van der Waals surface area contributed by atoms with Gasteiger partial charge in [-0.1, -0.05) is 13.0 Å². The lowest BCUT2D eigenvalue weighted by Gasteiger charge is -2.23. The fourth-order valence-electron chi connectivity index (χ4n) is 2.09. The van der Waals surface area contributed by atoms with Crippen LogP contribution in [0.2, 0.25) is 0 Å². The minimum absolute atomic E-state index is 0.310. The summed E-state index contributed by atoms with van der Waals surface area (Å²) in [6.45, 7) is 4.00. The van der Waals surface area contributed by atoms with E-state index in [0.717, 1.165) is 19.4 Å². The van der Waals surface area contributed by atoms with Crippen LogP contribution in [-0.4, -0.2) is 38.4 Å². The van der Waals surface area contributed by atoms with Crippen LogP contribution in [0.15, 0.2) is 21.7 Å². The molecule has 1 aromatic heterocycles. The van der Waals surface area contributed by atoms with Crippen molar-refractivity contribution in [2.75, 3.05) is 19.6 Å². The van der Waals surface area contributed by atoms with Crippen LogP contribution in [0.3, 0.4) is 0 Å². The molecule has 1 fully saturated rings. The van der Waals surface area contributed by atoms with Gasteiger partial charge in [0.2, 0.25) is 0 Å². The van der Waals surface area contributed by atoms with E-state index in [9.17, 15) is 8.42 Å². The van der Waals surface area contributed by atoms with Crippen LogP contribution >= 0.6 is 11.3 Å². The zero-order chi connectivity index (χ0) is 12.3. The van der Waals surface area contributed by atoms with Gasteiger partial charge in [0, 0.05) is 19.1 Å². The average molecular weight is 274 g/mol. The number of thiophene rings is 1. The highest BCUT2D eigenvalue weighted by molar-refractivity contribution is 7.91. The van der Waals surface area contributed by atoms with Crippen molar-refractivity contribution in [2.45, 2.75) is 30.0 Å². The molecule has 1 aliphatic heterocycles. The number of rotatable bonds is 5. The van der Waals surface area contributed by atoms with Gasteiger partial charge in [-0.15, -0.1) is 11.3 Å². The predicted molar refractivity (Wildman–Crippen MR) is 69.8 cm³/mol. The van der Waals surface area contributed by atoms with Gasteiger partial charge in [-0.25, -0.2) is 8.42 Å². The number of nitrogens with one attached hydrogen (secondary N) is 1. The molecule has 1 N–H and O–H groups in total. The standard InChI is InChI=1S/C11H18N2O2S2/c1-2-13(9-10-5-3-7-12-10)17(14,15)11-6-4-8-16-11/h4,6,8,10,12H,2-3,5,7,9H2,1H3. The summed E-state index contributed by atoms with van der Waals surface area (Å²) in [5.74, 6) is 0. The summed E-state index contributed by atoms with van der Waals surface area (Å²) in [5.41, 5.74) is 0. The molecule has 4 nitrogen and oxygen atoms in total. The summed E-state index contributed by atoms with van der Waals surface area (Å²) in [6.07, 6.45) is 2.21. The molecule has 0 radical (unpaired) electrons. The molecule has 2 heterocycles. The maximum Gasteiger partial charge on any atom is 0.252 e. The predicted octanol–water partition coefficient (Wildman–Crippen LogP) is 1.51. The summed E-state index contributed by atoms with van der Waals surface area (Å²) in [5, 5.41) is 5.14. The van der Waals surface area contributed by atoms with Gasteiger partial charge in [-0.2, -0.15) is 4.31 Å². The lowest BCUT2D eigenvalue weighted by atomic mass is 10.2. The molecule has 0 amide bonds. The summed E-state index contributed by atoms with van der Waals surface area (Å²) < 4.78 is 26.7. The molecule has 0 saturated carbocycles. The average Bonchev–Trinajstić information content (AvgIpc) is 2.98. The van der Waals surface area contributed by atoms with Crippen LogP contribution in [0.25, 0.3) is 0 Å². The van der Waals surface area contributed by atoms with Gasteiger partial charge >= 0.3 is 0 Å². The Hall–Kier alpha value is -0.430. The van der Waals surface area contributed by atoms with Gasteiger partial charge in [0.1, 0.15) is 4.21 Å². The Morgan fingerprint density at radius 3 is 2.94 bits per heavy atom. The van der Waals surface area contributed by atoms with Crippen LogP contribution in [0.1, 0.15) is 19.8 Å². The summed E-state index contributed by atoms with van der Waals surface area (Å²) in [6, 6.07) is 3.76. The van der Waals surface area contributed by atoms with Crippen molar-refractivity contribution in [2.24, 2.45) is 0 Å². The Morgan fingerprint density at radius 1 is 1.59 bits per heavy atom. The highest BCUT2D eigenvalue weighted by atomic mass is 32.2. The van der Waals surface area contributed by atoms with E-state index < -0.39 is 10.0 Å². The maximum atomic E-state index is 12.3. The fourth-order valence-corrected chi connectivity index (χ4v) is 4.73. The van der Waals surface area contributed by atoms with E-state index in [1.54, 1.807) is 21.8 Å². The normalized spacial score (nSPS) is 21.2. The van der Waals surface area contributed by atoms with Crippen molar-refractivity contribution in [3.05, 3.63) is 17.5 Å². The zero-order valence-electron chi connectivity index (χ0n) is 9.93. The Labute approximate surface area is 107 Å². The minimum atomic E-state index is -3.28. The number of hydrogen-bond donors (Lipinski definition) is 1. The summed E-state index contributed by atoms with van der Waals surface area (Å²) >= 11 is 1.28. The molecule has 1 aromatic rings. The number of sulfonamides is 1. The van der Waals surface area contributed by atoms with Gasteiger partial charge in [0.05, 0.1) is 0 Å². The van der Waals surface area contributed by atoms with Gasteiger partial charge in [0.15, 0.2) is 0 Å². The molecular weight excluding hydrogens is 256 g/mol. The van der Waals surface area contributed by atoms with Crippen molar-refractivity contribution >= 4 is 21.4 Å². The molecule has 2 rings (SSSR count). The highest BCUT2D eigenvalue weighted by Crippen LogP contribution is 2.21. The number of likely N-dealkylation sites (N-methyl/N-ethyl adjacent to an activating group) is 1. The Morgan fingerprint density at radius 2 is 2.41 bits per heavy atom. The molecule has 1 unspecified atom stereocenters. The van der Waals surface area contributed by atoms with E-state index in [1.165, 1.54) is 11.3 Å². The SMILES string of the molecule is CCN(CC1CCCN1)S(=O)(=O)c1cccs1. The lowest BCUT2D eigenvalue weighted by molar-refractivity contribution is 0.384. The molecule has 96 valence electrons. The van der Waals surface area contributed by atoms with E-state index in [-0.39, 0.29) is 0 Å². The Balaban J connectivity index is 2.12. The smallest absolute Gasteiger partial charge is 0.252 e. The first-order chi connectivity index (χ1) is 8.14. The van der Waals surface area contributed by atoms with Crippen molar-refractivity contribution in [1.82, 2.24) is 9.62 Å². The third kappa shape index (κ3) is 2.88. The first kappa shape index (κ1) is 13.0. The second-order valence-electron chi connectivity index (χ2n) is 4.18. The molecule has 0 aliphatic carbocycles. The van der Waals surface area contributed by atoms with Crippen molar-refractivity contribution in [1.29, 1.82) is 0 Å². The summed E-state index contributed by atoms with van der Waals surface area (Å²) in [7, 11) is -3.28. The van der Waals surface area contributed by atoms with Crippen LogP contribution in [0.4, 0.5) is 0 Å². The number of nitrogens with zero attached hydrogens (tertiary/aromatic N) is 1. The van der Waals surface area contributed by atoms with Gasteiger partial charge in [0.25, 0.3) is 10.0 Å². The van der Waals surface area contributed by atoms with Crippen LogP contribution in [0.5, 0.6) is 0 Å². The van der Waals surface area contributed by atoms with Crippen molar-refractivity contribution in [3.8, 4) is 0 Å². The second kappa shape index (κ2) is 5.48. The fraction of sp³-hybridized carbons (Fsp3) is 0.636. The largest absolute Gasteiger partial charge is 0.313 e. The monoisotopic (exact) mass is 274 g/mol. The lowest BCUT2D eigenvalue weighted by Crippen LogP contribution is -2.40. The Bertz CT molecular complexity index is 436. The van der Waals surface area contributed by atoms with Crippen molar-refractivity contribution < 1.29 is 8.42 Å². The van der Waals surface area contributed by atoms with Gasteiger partial charge in [-0.05, 0) is 30.8 Å². The second-order valence-corrected chi connectivity index (χ2v) is 7.29. The molecule has 1 saturated heterocycles. The van der Waals surface area contributed by atoms with E-state index in [1.807, 2.05) is 6.92 Å². The molecule has 17 heavy (non-hydrogen) atoms. The molecule has 1 aliphatic rings. The first-order valence-electron chi connectivity index (χ1n) is 5.91. The Kier molecular flexibility index (Phi) is 4.19. The van der Waals surface area contributed by atoms with Gasteiger partial charge < -0.3 is 5.32 Å². The van der Waals surface area contributed by atoms with E-state index in [0.29, 0.717) is 23.3 Å². The van der Waals surface area contributed by atoms with E-state index in [4.69, 9.17) is 0 Å². The molecular formula is C11H18N2O2S2. The topological polar surface area (TPSA) is 49.4 Å². The van der Waals surface area contributed by atoms with E-state index in [2.05, 4.69) is 5.32 Å². The molecule has 0 bridgehead atoms. The first-order valence-corrected chi connectivity index (χ1v) is 8.23. The van der Waals surface area contributed by atoms with E-state index >= 15 is 0 Å². The third-order valence-corrected chi connectivity index (χ3v) is 6.34. The minimum Gasteiger partial charge on any atom is -0.313 e. The molecule has 0 spiro atoms. The molecule has 6 heteroatoms. The van der Waals surface area contributed by atoms with Crippen LogP contribution < -0.4 is 5.32 Å². The van der Waals surface area contributed by atoms with Crippen LogP contribution in [-0.2, 0) is 10.0 Å². The van der Waals surface area contributed by atoms with Crippen molar-refractivity contribution in [3.63, 3.8) is 0 Å². The molecule has 1 atom stereocenters. The van der Waals surface area contributed by atoms with Crippen LogP contribution in [0, 0.1) is 0 Å². The summed E-state index contributed by atoms with van der Waals surface area (Å²) in [4.78, 5) is 0. The quantitative estimate of drug-likeness (QED) is 0.885. The maximum absolute atomic E-state index is 12.3. The molecule has 0 aromatic carbocycles.